The summed E-state index contributed by atoms with van der Waals surface area (Å²) in [7, 11) is 1.20. The summed E-state index contributed by atoms with van der Waals surface area (Å²) in [6.07, 6.45) is -2.36. The highest BCUT2D eigenvalue weighted by Crippen LogP contribution is 2.30. The normalized spacial score (nSPS) is 22.2. The molecule has 1 aromatic carbocycles. The van der Waals surface area contributed by atoms with Gasteiger partial charge in [0.05, 0.1) is 19.2 Å². The summed E-state index contributed by atoms with van der Waals surface area (Å²) in [6.45, 7) is 6.78. The summed E-state index contributed by atoms with van der Waals surface area (Å²) in [5.74, 6) is -3.49. The first-order valence-corrected chi connectivity index (χ1v) is 13.3. The van der Waals surface area contributed by atoms with Gasteiger partial charge >= 0.3 is 23.9 Å². The van der Waals surface area contributed by atoms with Crippen LogP contribution in [0.4, 0.5) is 5.69 Å². The lowest BCUT2D eigenvalue weighted by molar-refractivity contribution is -0.189. The van der Waals surface area contributed by atoms with Gasteiger partial charge in [0.2, 0.25) is 11.7 Å². The van der Waals surface area contributed by atoms with Crippen LogP contribution in [-0.2, 0) is 47.7 Å². The SMILES string of the molecule is COC(=O)C1=C[C@H](N2CCN(c3ccccc3)CC2)[C@@H](NC(C)=O)[C@H]([C@H](OC(C)=O)[C@@H](COC(C)=O)OC(C)=O)O1. The minimum absolute atomic E-state index is 0.166. The average Bonchev–Trinajstić information content (AvgIpc) is 2.93. The molecule has 0 unspecified atom stereocenters. The minimum Gasteiger partial charge on any atom is -0.477 e. The maximum Gasteiger partial charge on any atom is 0.373 e. The van der Waals surface area contributed by atoms with Gasteiger partial charge in [-0.2, -0.15) is 0 Å². The van der Waals surface area contributed by atoms with E-state index < -0.39 is 66.8 Å². The van der Waals surface area contributed by atoms with E-state index in [2.05, 4.69) is 15.1 Å². The Morgan fingerprint density at radius 3 is 2.10 bits per heavy atom. The van der Waals surface area contributed by atoms with Crippen molar-refractivity contribution in [2.24, 2.45) is 0 Å². The van der Waals surface area contributed by atoms with E-state index in [4.69, 9.17) is 23.7 Å². The number of benzene rings is 1. The summed E-state index contributed by atoms with van der Waals surface area (Å²) in [6, 6.07) is 8.46. The molecular formula is C28H37N3O10. The Labute approximate surface area is 238 Å². The molecule has 1 fully saturated rings. The third-order valence-corrected chi connectivity index (χ3v) is 6.68. The van der Waals surface area contributed by atoms with Gasteiger partial charge in [0.1, 0.15) is 6.61 Å². The highest BCUT2D eigenvalue weighted by Gasteiger charge is 2.49. The molecule has 13 heteroatoms. The first-order valence-electron chi connectivity index (χ1n) is 13.3. The molecule has 41 heavy (non-hydrogen) atoms. The zero-order valence-electron chi connectivity index (χ0n) is 23.9. The molecule has 0 aromatic heterocycles. The van der Waals surface area contributed by atoms with Gasteiger partial charge in [-0.1, -0.05) is 18.2 Å². The summed E-state index contributed by atoms with van der Waals surface area (Å²) >= 11 is 0. The number of nitrogens with zero attached hydrogens (tertiary/aromatic N) is 2. The first-order chi connectivity index (χ1) is 19.5. The van der Waals surface area contributed by atoms with Crippen LogP contribution in [0.5, 0.6) is 0 Å². The Balaban J connectivity index is 2.01. The van der Waals surface area contributed by atoms with Crippen LogP contribution in [0.2, 0.25) is 0 Å². The van der Waals surface area contributed by atoms with Crippen LogP contribution in [0.25, 0.3) is 0 Å². The van der Waals surface area contributed by atoms with Crippen molar-refractivity contribution in [1.29, 1.82) is 0 Å². The second-order valence-corrected chi connectivity index (χ2v) is 9.70. The van der Waals surface area contributed by atoms with Gasteiger partial charge in [0, 0.05) is 59.6 Å². The molecular weight excluding hydrogens is 538 g/mol. The van der Waals surface area contributed by atoms with E-state index in [1.54, 1.807) is 6.08 Å². The molecule has 1 N–H and O–H groups in total. The number of carbonyl (C=O) groups is 5. The maximum absolute atomic E-state index is 12.7. The van der Waals surface area contributed by atoms with E-state index in [9.17, 15) is 24.0 Å². The number of piperazine rings is 1. The van der Waals surface area contributed by atoms with Gasteiger partial charge in [0.15, 0.2) is 18.3 Å². The number of anilines is 1. The third kappa shape index (κ3) is 8.68. The molecule has 0 aliphatic carbocycles. The summed E-state index contributed by atoms with van der Waals surface area (Å²) < 4.78 is 27.0. The number of hydrogen-bond acceptors (Lipinski definition) is 12. The highest BCUT2D eigenvalue weighted by atomic mass is 16.6. The molecule has 0 spiro atoms. The van der Waals surface area contributed by atoms with Gasteiger partial charge in [-0.25, -0.2) is 4.79 Å². The molecule has 1 amide bonds. The number of hydrogen-bond donors (Lipinski definition) is 1. The van der Waals surface area contributed by atoms with E-state index in [1.807, 2.05) is 30.3 Å². The van der Waals surface area contributed by atoms with Crippen LogP contribution in [0.15, 0.2) is 42.2 Å². The Morgan fingerprint density at radius 1 is 0.927 bits per heavy atom. The Bertz CT molecular complexity index is 1130. The number of methoxy groups -OCH3 is 1. The zero-order chi connectivity index (χ0) is 30.1. The van der Waals surface area contributed by atoms with Gasteiger partial charge in [0.25, 0.3) is 0 Å². The van der Waals surface area contributed by atoms with Crippen LogP contribution >= 0.6 is 0 Å². The Kier molecular flexibility index (Phi) is 11.1. The summed E-state index contributed by atoms with van der Waals surface area (Å²) in [5, 5.41) is 2.87. The van der Waals surface area contributed by atoms with E-state index in [-0.39, 0.29) is 5.76 Å². The lowest BCUT2D eigenvalue weighted by Crippen LogP contribution is -2.66. The quantitative estimate of drug-likeness (QED) is 0.307. The largest absolute Gasteiger partial charge is 0.477 e. The molecule has 2 aliphatic heterocycles. The van der Waals surface area contributed by atoms with Gasteiger partial charge in [-0.05, 0) is 18.2 Å². The number of para-hydroxylation sites is 1. The molecule has 5 atom stereocenters. The molecule has 2 heterocycles. The molecule has 0 radical (unpaired) electrons. The maximum atomic E-state index is 12.7. The second-order valence-electron chi connectivity index (χ2n) is 9.70. The van der Waals surface area contributed by atoms with E-state index >= 15 is 0 Å². The predicted octanol–water partition coefficient (Wildman–Crippen LogP) is 0.564. The highest BCUT2D eigenvalue weighted by molar-refractivity contribution is 5.86. The van der Waals surface area contributed by atoms with Gasteiger partial charge < -0.3 is 33.9 Å². The molecule has 1 aromatic rings. The standard InChI is InChI=1S/C28H37N3O10/c1-17(32)29-25-22(31-13-11-30(12-14-31)21-9-7-6-8-10-21)15-23(28(36)37-5)41-27(25)26(40-20(4)35)24(39-19(3)34)16-38-18(2)33/h6-10,15,22,24-27H,11-14,16H2,1-5H3,(H,29,32)/t22-,24+,25+,26+,27+/m0/s1. The summed E-state index contributed by atoms with van der Waals surface area (Å²) in [5.41, 5.74) is 1.07. The fourth-order valence-corrected chi connectivity index (χ4v) is 5.01. The first kappa shape index (κ1) is 31.4. The number of amides is 1. The number of rotatable bonds is 10. The molecule has 0 saturated carbocycles. The average molecular weight is 576 g/mol. The zero-order valence-corrected chi connectivity index (χ0v) is 23.9. The van der Waals surface area contributed by atoms with Crippen molar-refractivity contribution < 1.29 is 47.7 Å². The van der Waals surface area contributed by atoms with Gasteiger partial charge in [-0.15, -0.1) is 0 Å². The van der Waals surface area contributed by atoms with E-state index in [0.29, 0.717) is 26.2 Å². The molecule has 1 saturated heterocycles. The number of esters is 4. The van der Waals surface area contributed by atoms with Crippen molar-refractivity contribution in [3.63, 3.8) is 0 Å². The van der Waals surface area contributed by atoms with Crippen molar-refractivity contribution in [3.8, 4) is 0 Å². The lowest BCUT2D eigenvalue weighted by Gasteiger charge is -2.47. The fraction of sp³-hybridized carbons (Fsp3) is 0.536. The van der Waals surface area contributed by atoms with Gasteiger partial charge in [-0.3, -0.25) is 24.1 Å². The van der Waals surface area contributed by atoms with Crippen molar-refractivity contribution >= 4 is 35.5 Å². The fourth-order valence-electron chi connectivity index (χ4n) is 5.01. The van der Waals surface area contributed by atoms with Crippen LogP contribution in [-0.4, -0.2) is 105 Å². The molecule has 0 bridgehead atoms. The molecule has 3 rings (SSSR count). The van der Waals surface area contributed by atoms with Crippen molar-refractivity contribution in [2.45, 2.75) is 58.1 Å². The minimum atomic E-state index is -1.38. The Hall–Kier alpha value is -4.13. The predicted molar refractivity (Wildman–Crippen MR) is 144 cm³/mol. The van der Waals surface area contributed by atoms with Crippen LogP contribution < -0.4 is 10.2 Å². The van der Waals surface area contributed by atoms with Crippen molar-refractivity contribution in [1.82, 2.24) is 10.2 Å². The van der Waals surface area contributed by atoms with E-state index in [0.717, 1.165) is 19.5 Å². The van der Waals surface area contributed by atoms with Crippen LogP contribution in [0.3, 0.4) is 0 Å². The second kappa shape index (κ2) is 14.5. The van der Waals surface area contributed by atoms with Crippen molar-refractivity contribution in [2.75, 3.05) is 44.8 Å². The lowest BCUT2D eigenvalue weighted by atomic mass is 9.90. The Morgan fingerprint density at radius 2 is 1.56 bits per heavy atom. The number of ether oxygens (including phenoxy) is 5. The van der Waals surface area contributed by atoms with Crippen LogP contribution in [0.1, 0.15) is 27.7 Å². The van der Waals surface area contributed by atoms with E-state index in [1.165, 1.54) is 21.0 Å². The van der Waals surface area contributed by atoms with Crippen molar-refractivity contribution in [3.05, 3.63) is 42.2 Å². The number of carbonyl (C=O) groups excluding carboxylic acids is 5. The topological polar surface area (TPSA) is 150 Å². The molecule has 2 aliphatic rings. The third-order valence-electron chi connectivity index (χ3n) is 6.68. The monoisotopic (exact) mass is 575 g/mol. The molecule has 224 valence electrons. The smallest absolute Gasteiger partial charge is 0.373 e. The number of nitrogens with one attached hydrogen (secondary N) is 1. The molecule has 13 nitrogen and oxygen atoms in total. The van der Waals surface area contributed by atoms with Crippen LogP contribution in [0, 0.1) is 0 Å². The summed E-state index contributed by atoms with van der Waals surface area (Å²) in [4.78, 5) is 65.3.